The molecule has 2 fully saturated rings. The lowest BCUT2D eigenvalue weighted by atomic mass is 9.96. The van der Waals surface area contributed by atoms with E-state index in [9.17, 15) is 19.3 Å². The highest BCUT2D eigenvalue weighted by Gasteiger charge is 2.26. The van der Waals surface area contributed by atoms with Crippen molar-refractivity contribution < 1.29 is 14.1 Å². The predicted molar refractivity (Wildman–Crippen MR) is 96.8 cm³/mol. The second-order valence-corrected chi connectivity index (χ2v) is 7.10. The molecule has 1 aromatic rings. The molecule has 0 unspecified atom stereocenters. The summed E-state index contributed by atoms with van der Waals surface area (Å²) in [6, 6.07) is 3.67. The number of halogens is 1. The van der Waals surface area contributed by atoms with Crippen molar-refractivity contribution in [1.82, 2.24) is 10.6 Å². The molecule has 142 valence electrons. The second-order valence-electron chi connectivity index (χ2n) is 7.10. The number of hydrogen-bond acceptors (Lipinski definition) is 4. The fourth-order valence-electron chi connectivity index (χ4n) is 3.83. The number of benzene rings is 1. The highest BCUT2D eigenvalue weighted by atomic mass is 19.1. The molecule has 7 nitrogen and oxygen atoms in total. The maximum atomic E-state index is 13.5. The Balaban J connectivity index is 1.52. The number of rotatable bonds is 4. The van der Waals surface area contributed by atoms with E-state index in [1.807, 2.05) is 4.90 Å². The summed E-state index contributed by atoms with van der Waals surface area (Å²) in [7, 11) is 0. The van der Waals surface area contributed by atoms with Crippen molar-refractivity contribution >= 4 is 17.4 Å². The molecule has 8 heteroatoms. The zero-order chi connectivity index (χ0) is 18.5. The van der Waals surface area contributed by atoms with E-state index in [0.29, 0.717) is 31.6 Å². The number of nitro groups is 1. The molecule has 2 N–H and O–H groups in total. The smallest absolute Gasteiger partial charge is 0.315 e. The number of nitrogens with zero attached hydrogens (tertiary/aromatic N) is 2. The van der Waals surface area contributed by atoms with Gasteiger partial charge in [0.05, 0.1) is 4.92 Å². The number of carbonyl (C=O) groups excluding carboxylic acids is 1. The number of amides is 2. The molecule has 2 aliphatic rings. The third-order valence-electron chi connectivity index (χ3n) is 5.25. The first-order valence-corrected chi connectivity index (χ1v) is 9.29. The van der Waals surface area contributed by atoms with Crippen LogP contribution in [0.1, 0.15) is 44.9 Å². The fourth-order valence-corrected chi connectivity index (χ4v) is 3.83. The maximum absolute atomic E-state index is 13.5. The van der Waals surface area contributed by atoms with Crippen molar-refractivity contribution in [3.8, 4) is 0 Å². The fraction of sp³-hybridized carbons (Fsp3) is 0.611. The van der Waals surface area contributed by atoms with E-state index >= 15 is 0 Å². The highest BCUT2D eigenvalue weighted by molar-refractivity contribution is 5.74. The Bertz CT molecular complexity index is 656. The molecule has 0 spiro atoms. The van der Waals surface area contributed by atoms with Gasteiger partial charge in [-0.3, -0.25) is 10.1 Å². The van der Waals surface area contributed by atoms with E-state index in [0.717, 1.165) is 31.7 Å². The van der Waals surface area contributed by atoms with Crippen molar-refractivity contribution in [3.05, 3.63) is 34.1 Å². The van der Waals surface area contributed by atoms with E-state index in [-0.39, 0.29) is 23.8 Å². The van der Waals surface area contributed by atoms with Gasteiger partial charge >= 0.3 is 6.03 Å². The average Bonchev–Trinajstić information content (AvgIpc) is 2.63. The Kier molecular flexibility index (Phi) is 5.90. The number of hydrogen-bond donors (Lipinski definition) is 2. The second kappa shape index (κ2) is 8.33. The topological polar surface area (TPSA) is 87.5 Å². The monoisotopic (exact) mass is 364 g/mol. The lowest BCUT2D eigenvalue weighted by Crippen LogP contribution is -2.50. The Labute approximate surface area is 152 Å². The van der Waals surface area contributed by atoms with Crippen LogP contribution in [0, 0.1) is 15.9 Å². The van der Waals surface area contributed by atoms with Crippen LogP contribution in [-0.2, 0) is 0 Å². The van der Waals surface area contributed by atoms with Crippen molar-refractivity contribution in [2.75, 3.05) is 18.0 Å². The summed E-state index contributed by atoms with van der Waals surface area (Å²) in [5.74, 6) is -0.488. The van der Waals surface area contributed by atoms with E-state index in [4.69, 9.17) is 0 Å². The molecule has 1 heterocycles. The molecule has 0 bridgehead atoms. The highest BCUT2D eigenvalue weighted by Crippen LogP contribution is 2.31. The van der Waals surface area contributed by atoms with Gasteiger partial charge in [-0.2, -0.15) is 0 Å². The summed E-state index contributed by atoms with van der Waals surface area (Å²) < 4.78 is 13.5. The molecule has 0 atom stereocenters. The lowest BCUT2D eigenvalue weighted by Gasteiger charge is -2.34. The van der Waals surface area contributed by atoms with Crippen LogP contribution in [0.3, 0.4) is 0 Å². The van der Waals surface area contributed by atoms with Crippen LogP contribution in [0.2, 0.25) is 0 Å². The molecule has 1 aromatic carbocycles. The van der Waals surface area contributed by atoms with Crippen LogP contribution < -0.4 is 15.5 Å². The van der Waals surface area contributed by atoms with Gasteiger partial charge in [0.2, 0.25) is 0 Å². The molecule has 1 saturated carbocycles. The third kappa shape index (κ3) is 4.62. The van der Waals surface area contributed by atoms with Crippen LogP contribution in [0.15, 0.2) is 18.2 Å². The number of urea groups is 1. The van der Waals surface area contributed by atoms with Crippen molar-refractivity contribution in [1.29, 1.82) is 0 Å². The normalized spacial score (nSPS) is 19.2. The number of nitrogens with one attached hydrogen (secondary N) is 2. The summed E-state index contributed by atoms with van der Waals surface area (Å²) in [6.07, 6.45) is 6.98. The number of nitro benzene ring substituents is 1. The summed E-state index contributed by atoms with van der Waals surface area (Å²) in [4.78, 5) is 24.6. The molecule has 0 aromatic heterocycles. The first-order chi connectivity index (χ1) is 12.5. The Morgan fingerprint density at radius 3 is 2.31 bits per heavy atom. The minimum Gasteiger partial charge on any atom is -0.366 e. The van der Waals surface area contributed by atoms with Gasteiger partial charge in [0.15, 0.2) is 0 Å². The van der Waals surface area contributed by atoms with Gasteiger partial charge in [0, 0.05) is 37.3 Å². The molecular formula is C18H25FN4O3. The predicted octanol–water partition coefficient (Wildman–Crippen LogP) is 3.33. The third-order valence-corrected chi connectivity index (χ3v) is 5.25. The lowest BCUT2D eigenvalue weighted by molar-refractivity contribution is -0.384. The van der Waals surface area contributed by atoms with Gasteiger partial charge in [-0.1, -0.05) is 19.3 Å². The number of piperidine rings is 1. The maximum Gasteiger partial charge on any atom is 0.315 e. The Morgan fingerprint density at radius 1 is 1.08 bits per heavy atom. The zero-order valence-corrected chi connectivity index (χ0v) is 14.7. The standard InChI is InChI=1S/C18H25FN4O3/c19-13-6-7-16(23(25)26)17(12-13)22-10-8-15(9-11-22)21-18(24)20-14-4-2-1-3-5-14/h6-7,12,14-15H,1-5,8-11H2,(H2,20,21,24). The van der Waals surface area contributed by atoms with Gasteiger partial charge in [-0.25, -0.2) is 9.18 Å². The quantitative estimate of drug-likeness (QED) is 0.634. The zero-order valence-electron chi connectivity index (χ0n) is 14.7. The summed E-state index contributed by atoms with van der Waals surface area (Å²) >= 11 is 0. The SMILES string of the molecule is O=C(NC1CCCCC1)NC1CCN(c2cc(F)ccc2[N+](=O)[O-])CC1. The summed E-state index contributed by atoms with van der Waals surface area (Å²) in [5, 5.41) is 17.2. The van der Waals surface area contributed by atoms with Gasteiger partial charge < -0.3 is 15.5 Å². The first kappa shape index (κ1) is 18.4. The van der Waals surface area contributed by atoms with Gasteiger partial charge in [-0.15, -0.1) is 0 Å². The molecule has 0 radical (unpaired) electrons. The molecular weight excluding hydrogens is 339 g/mol. The Hall–Kier alpha value is -2.38. The number of anilines is 1. The molecule has 26 heavy (non-hydrogen) atoms. The van der Waals surface area contributed by atoms with Crippen LogP contribution >= 0.6 is 0 Å². The van der Waals surface area contributed by atoms with Crippen LogP contribution in [0.4, 0.5) is 20.6 Å². The van der Waals surface area contributed by atoms with Crippen molar-refractivity contribution in [2.24, 2.45) is 0 Å². The van der Waals surface area contributed by atoms with Crippen molar-refractivity contribution in [2.45, 2.75) is 57.0 Å². The largest absolute Gasteiger partial charge is 0.366 e. The number of carbonyl (C=O) groups is 1. The average molecular weight is 364 g/mol. The molecule has 1 saturated heterocycles. The van der Waals surface area contributed by atoms with Gasteiger partial charge in [0.1, 0.15) is 11.5 Å². The molecule has 2 amide bonds. The summed E-state index contributed by atoms with van der Waals surface area (Å²) in [6.45, 7) is 1.08. The summed E-state index contributed by atoms with van der Waals surface area (Å²) in [5.41, 5.74) is 0.216. The van der Waals surface area contributed by atoms with Gasteiger partial charge in [0.25, 0.3) is 5.69 Å². The van der Waals surface area contributed by atoms with Crippen LogP contribution in [0.5, 0.6) is 0 Å². The van der Waals surface area contributed by atoms with Crippen LogP contribution in [-0.4, -0.2) is 36.1 Å². The molecule has 1 aliphatic carbocycles. The first-order valence-electron chi connectivity index (χ1n) is 9.29. The minimum atomic E-state index is -0.489. The van der Waals surface area contributed by atoms with E-state index < -0.39 is 10.7 Å². The van der Waals surface area contributed by atoms with E-state index in [1.165, 1.54) is 18.6 Å². The molecule has 1 aliphatic heterocycles. The molecule has 3 rings (SSSR count). The van der Waals surface area contributed by atoms with Gasteiger partial charge in [-0.05, 0) is 31.7 Å². The van der Waals surface area contributed by atoms with E-state index in [1.54, 1.807) is 0 Å². The Morgan fingerprint density at radius 2 is 1.69 bits per heavy atom. The van der Waals surface area contributed by atoms with Crippen LogP contribution in [0.25, 0.3) is 0 Å². The minimum absolute atomic E-state index is 0.0301. The van der Waals surface area contributed by atoms with E-state index in [2.05, 4.69) is 10.6 Å². The van der Waals surface area contributed by atoms with Crippen molar-refractivity contribution in [3.63, 3.8) is 0 Å².